The lowest BCUT2D eigenvalue weighted by atomic mass is 10.2. The van der Waals surface area contributed by atoms with Crippen molar-refractivity contribution in [3.63, 3.8) is 0 Å². The van der Waals surface area contributed by atoms with Crippen molar-refractivity contribution in [3.05, 3.63) is 0 Å². The molecule has 0 aromatic carbocycles. The van der Waals surface area contributed by atoms with Gasteiger partial charge in [-0.05, 0) is 12.8 Å². The number of aliphatic imine (C=N–C) groups is 1. The fourth-order valence-corrected chi connectivity index (χ4v) is 1.75. The molecule has 0 radical (unpaired) electrons. The minimum atomic E-state index is -0.692. The maximum Gasteiger partial charge on any atom is 0.0963 e. The van der Waals surface area contributed by atoms with Crippen molar-refractivity contribution in [2.24, 2.45) is 4.99 Å². The van der Waals surface area contributed by atoms with Crippen molar-refractivity contribution in [2.45, 2.75) is 25.7 Å². The zero-order chi connectivity index (χ0) is 9.52. The highest BCUT2D eigenvalue weighted by atomic mass is 32.2. The van der Waals surface area contributed by atoms with Crippen molar-refractivity contribution in [1.82, 2.24) is 5.32 Å². The van der Waals surface area contributed by atoms with Crippen LogP contribution >= 0.6 is 0 Å². The molecule has 76 valence electrons. The third-order valence-corrected chi connectivity index (χ3v) is 2.87. The van der Waals surface area contributed by atoms with Crippen LogP contribution in [0, 0.1) is 0 Å². The van der Waals surface area contributed by atoms with E-state index in [9.17, 15) is 4.21 Å². The Balaban J connectivity index is 2.18. The highest BCUT2D eigenvalue weighted by Gasteiger charge is 2.02. The van der Waals surface area contributed by atoms with Gasteiger partial charge >= 0.3 is 0 Å². The molecule has 1 N–H and O–H groups in total. The van der Waals surface area contributed by atoms with Gasteiger partial charge in [-0.25, -0.2) is 0 Å². The first-order valence-electron chi connectivity index (χ1n) is 4.86. The number of hydrogen-bond donors (Lipinski definition) is 1. The second kappa shape index (κ2) is 6.13. The molecule has 3 nitrogen and oxygen atoms in total. The summed E-state index contributed by atoms with van der Waals surface area (Å²) >= 11 is 0. The van der Waals surface area contributed by atoms with E-state index in [-0.39, 0.29) is 0 Å². The summed E-state index contributed by atoms with van der Waals surface area (Å²) in [4.78, 5) is 4.43. The molecular weight excluding hydrogens is 184 g/mol. The molecule has 1 aliphatic rings. The van der Waals surface area contributed by atoms with Crippen molar-refractivity contribution in [3.8, 4) is 0 Å². The minimum absolute atomic E-state index is 0.692. The minimum Gasteiger partial charge on any atom is -0.373 e. The SMILES string of the molecule is CS(=O)CCNC1=NCCCCC1. The molecule has 4 heteroatoms. The molecule has 1 rings (SSSR count). The number of amidine groups is 1. The van der Waals surface area contributed by atoms with E-state index in [0.29, 0.717) is 0 Å². The molecule has 0 aliphatic carbocycles. The molecule has 13 heavy (non-hydrogen) atoms. The van der Waals surface area contributed by atoms with E-state index < -0.39 is 10.8 Å². The van der Waals surface area contributed by atoms with Gasteiger partial charge in [0.25, 0.3) is 0 Å². The van der Waals surface area contributed by atoms with Crippen LogP contribution < -0.4 is 5.32 Å². The number of rotatable bonds is 3. The topological polar surface area (TPSA) is 41.5 Å². The fraction of sp³-hybridized carbons (Fsp3) is 0.889. The van der Waals surface area contributed by atoms with Crippen molar-refractivity contribution >= 4 is 16.6 Å². The van der Waals surface area contributed by atoms with E-state index in [0.717, 1.165) is 31.1 Å². The molecule has 0 saturated carbocycles. The summed E-state index contributed by atoms with van der Waals surface area (Å²) in [6.07, 6.45) is 6.53. The van der Waals surface area contributed by atoms with Crippen molar-refractivity contribution in [2.75, 3.05) is 25.1 Å². The van der Waals surface area contributed by atoms with Gasteiger partial charge in [-0.15, -0.1) is 0 Å². The maximum absolute atomic E-state index is 10.8. The summed E-state index contributed by atoms with van der Waals surface area (Å²) in [6, 6.07) is 0. The monoisotopic (exact) mass is 202 g/mol. The third kappa shape index (κ3) is 5.03. The Morgan fingerprint density at radius 3 is 3.08 bits per heavy atom. The number of hydrogen-bond acceptors (Lipinski definition) is 3. The molecule has 1 aliphatic heterocycles. The van der Waals surface area contributed by atoms with Crippen LogP contribution in [0.2, 0.25) is 0 Å². The predicted octanol–water partition coefficient (Wildman–Crippen LogP) is 0.927. The van der Waals surface area contributed by atoms with Crippen LogP contribution in [0.25, 0.3) is 0 Å². The van der Waals surface area contributed by atoms with E-state index in [1.54, 1.807) is 6.26 Å². The Hall–Kier alpha value is -0.380. The Bertz CT molecular complexity index is 204. The predicted molar refractivity (Wildman–Crippen MR) is 57.7 cm³/mol. The van der Waals surface area contributed by atoms with Gasteiger partial charge in [0.15, 0.2) is 0 Å². The van der Waals surface area contributed by atoms with Gasteiger partial charge < -0.3 is 5.32 Å². The fourth-order valence-electron chi connectivity index (χ4n) is 1.36. The first-order chi connectivity index (χ1) is 6.29. The molecule has 0 amide bonds. The summed E-state index contributed by atoms with van der Waals surface area (Å²) in [7, 11) is -0.692. The van der Waals surface area contributed by atoms with Crippen LogP contribution in [0.5, 0.6) is 0 Å². The lowest BCUT2D eigenvalue weighted by Gasteiger charge is -2.06. The number of nitrogens with one attached hydrogen (secondary N) is 1. The smallest absolute Gasteiger partial charge is 0.0963 e. The maximum atomic E-state index is 10.8. The van der Waals surface area contributed by atoms with E-state index in [1.807, 2.05) is 0 Å². The molecule has 0 saturated heterocycles. The summed E-state index contributed by atoms with van der Waals surface area (Å²) in [5, 5.41) is 3.25. The van der Waals surface area contributed by atoms with Gasteiger partial charge in [0.2, 0.25) is 0 Å². The molecule has 0 aromatic rings. The van der Waals surface area contributed by atoms with Crippen LogP contribution in [0.1, 0.15) is 25.7 Å². The number of nitrogens with zero attached hydrogens (tertiary/aromatic N) is 1. The Labute approximate surface area is 82.5 Å². The van der Waals surface area contributed by atoms with Gasteiger partial charge in [-0.2, -0.15) is 0 Å². The van der Waals surface area contributed by atoms with Crippen LogP contribution in [-0.4, -0.2) is 35.1 Å². The molecule has 0 spiro atoms. The van der Waals surface area contributed by atoms with Gasteiger partial charge in [0.1, 0.15) is 0 Å². The quantitative estimate of drug-likeness (QED) is 0.739. The zero-order valence-electron chi connectivity index (χ0n) is 8.21. The summed E-state index contributed by atoms with van der Waals surface area (Å²) in [6.45, 7) is 1.75. The third-order valence-electron chi connectivity index (χ3n) is 2.09. The summed E-state index contributed by atoms with van der Waals surface area (Å²) in [5.74, 6) is 1.84. The van der Waals surface area contributed by atoms with Crippen LogP contribution in [0.15, 0.2) is 4.99 Å². The second-order valence-electron chi connectivity index (χ2n) is 3.34. The molecule has 1 atom stereocenters. The summed E-state index contributed by atoms with van der Waals surface area (Å²) in [5.41, 5.74) is 0. The molecule has 0 aromatic heterocycles. The lowest BCUT2D eigenvalue weighted by Crippen LogP contribution is -2.27. The molecule has 0 fully saturated rings. The van der Waals surface area contributed by atoms with Crippen molar-refractivity contribution in [1.29, 1.82) is 0 Å². The van der Waals surface area contributed by atoms with E-state index in [2.05, 4.69) is 10.3 Å². The van der Waals surface area contributed by atoms with Crippen LogP contribution in [-0.2, 0) is 10.8 Å². The van der Waals surface area contributed by atoms with E-state index in [1.165, 1.54) is 19.3 Å². The Morgan fingerprint density at radius 1 is 1.46 bits per heavy atom. The molecular formula is C9H18N2OS. The van der Waals surface area contributed by atoms with Gasteiger partial charge in [-0.1, -0.05) is 6.42 Å². The van der Waals surface area contributed by atoms with Gasteiger partial charge in [0, 0.05) is 42.3 Å². The first-order valence-corrected chi connectivity index (χ1v) is 6.59. The Morgan fingerprint density at radius 2 is 2.31 bits per heavy atom. The van der Waals surface area contributed by atoms with Gasteiger partial charge in [0.05, 0.1) is 5.84 Å². The average Bonchev–Trinajstić information content (AvgIpc) is 2.32. The largest absolute Gasteiger partial charge is 0.373 e. The summed E-state index contributed by atoms with van der Waals surface area (Å²) < 4.78 is 10.8. The van der Waals surface area contributed by atoms with E-state index >= 15 is 0 Å². The Kier molecular flexibility index (Phi) is 5.05. The molecule has 1 unspecified atom stereocenters. The van der Waals surface area contributed by atoms with Crippen molar-refractivity contribution < 1.29 is 4.21 Å². The lowest BCUT2D eigenvalue weighted by molar-refractivity contribution is 0.685. The average molecular weight is 202 g/mol. The van der Waals surface area contributed by atoms with E-state index in [4.69, 9.17) is 0 Å². The standard InChI is InChI=1S/C9H18N2OS/c1-13(12)8-7-11-9-5-3-2-4-6-10-9/h2-8H2,1H3,(H,10,11). The molecule has 0 bridgehead atoms. The van der Waals surface area contributed by atoms with Gasteiger partial charge in [-0.3, -0.25) is 9.20 Å². The highest BCUT2D eigenvalue weighted by molar-refractivity contribution is 7.84. The van der Waals surface area contributed by atoms with Crippen LogP contribution in [0.3, 0.4) is 0 Å². The van der Waals surface area contributed by atoms with Crippen LogP contribution in [0.4, 0.5) is 0 Å². The first kappa shape index (κ1) is 10.7. The molecule has 1 heterocycles. The zero-order valence-corrected chi connectivity index (χ0v) is 9.03. The second-order valence-corrected chi connectivity index (χ2v) is 4.90. The normalized spacial score (nSPS) is 20.2. The highest BCUT2D eigenvalue weighted by Crippen LogP contribution is 2.05.